The molecule has 1 heterocycles. The molecule has 0 radical (unpaired) electrons. The van der Waals surface area contributed by atoms with Crippen molar-refractivity contribution in [1.82, 2.24) is 19.9 Å². The molecule has 1 aliphatic carbocycles. The lowest BCUT2D eigenvalue weighted by molar-refractivity contribution is 0.0142. The summed E-state index contributed by atoms with van der Waals surface area (Å²) in [5, 5.41) is 19.2. The maximum absolute atomic E-state index is 10.4. The minimum atomic E-state index is -0.510. The number of para-hydroxylation sites is 1. The Morgan fingerprint density at radius 1 is 1.24 bits per heavy atom. The van der Waals surface area contributed by atoms with Gasteiger partial charge in [0.25, 0.3) is 0 Å². The Kier molecular flexibility index (Phi) is 4.03. The fourth-order valence-electron chi connectivity index (χ4n) is 3.08. The number of likely N-dealkylation sites (N-methyl/N-ethyl adjacent to an activating group) is 1. The summed E-state index contributed by atoms with van der Waals surface area (Å²) in [5.74, 6) is 0. The Bertz CT molecular complexity index is 575. The Morgan fingerprint density at radius 3 is 2.67 bits per heavy atom. The van der Waals surface area contributed by atoms with E-state index in [9.17, 15) is 5.11 Å². The smallest absolute Gasteiger partial charge is 0.0971 e. The van der Waals surface area contributed by atoms with E-state index in [1.54, 1.807) is 11.0 Å². The Balaban J connectivity index is 1.62. The number of benzene rings is 1. The van der Waals surface area contributed by atoms with Crippen molar-refractivity contribution >= 4 is 0 Å². The van der Waals surface area contributed by atoms with Gasteiger partial charge in [0.05, 0.1) is 23.2 Å². The van der Waals surface area contributed by atoms with Gasteiger partial charge in [0.2, 0.25) is 0 Å². The summed E-state index contributed by atoms with van der Waals surface area (Å²) in [7, 11) is 2.03. The number of aliphatic hydroxyl groups is 1. The minimum Gasteiger partial charge on any atom is -0.389 e. The van der Waals surface area contributed by atoms with Crippen molar-refractivity contribution < 1.29 is 5.11 Å². The molecule has 1 aliphatic rings. The van der Waals surface area contributed by atoms with Crippen LogP contribution in [-0.2, 0) is 6.54 Å². The van der Waals surface area contributed by atoms with Gasteiger partial charge in [-0.1, -0.05) is 31.0 Å². The summed E-state index contributed by atoms with van der Waals surface area (Å²) >= 11 is 0. The van der Waals surface area contributed by atoms with E-state index in [1.165, 1.54) is 0 Å². The van der Waals surface area contributed by atoms with Crippen molar-refractivity contribution in [3.8, 4) is 5.69 Å². The van der Waals surface area contributed by atoms with Gasteiger partial charge in [-0.3, -0.25) is 4.90 Å². The zero-order chi connectivity index (χ0) is 14.7. The van der Waals surface area contributed by atoms with Gasteiger partial charge in [-0.05, 0) is 32.0 Å². The van der Waals surface area contributed by atoms with E-state index in [0.29, 0.717) is 13.1 Å². The highest BCUT2D eigenvalue weighted by Gasteiger charge is 2.32. The van der Waals surface area contributed by atoms with E-state index in [4.69, 9.17) is 0 Å². The molecule has 0 saturated heterocycles. The van der Waals surface area contributed by atoms with Gasteiger partial charge in [-0.15, -0.1) is 0 Å². The third-order valence-corrected chi connectivity index (χ3v) is 4.06. The second kappa shape index (κ2) is 5.95. The minimum absolute atomic E-state index is 0.510. The molecule has 0 amide bonds. The van der Waals surface area contributed by atoms with Crippen LogP contribution < -0.4 is 0 Å². The molecule has 0 aliphatic heterocycles. The highest BCUT2D eigenvalue weighted by molar-refractivity contribution is 5.28. The first-order valence-corrected chi connectivity index (χ1v) is 7.52. The summed E-state index contributed by atoms with van der Waals surface area (Å²) in [6.07, 6.45) is 5.88. The molecule has 1 fully saturated rings. The van der Waals surface area contributed by atoms with E-state index in [0.717, 1.165) is 37.1 Å². The quantitative estimate of drug-likeness (QED) is 0.913. The van der Waals surface area contributed by atoms with Crippen molar-refractivity contribution in [3.05, 3.63) is 42.2 Å². The first kappa shape index (κ1) is 14.2. The first-order chi connectivity index (χ1) is 10.1. The highest BCUT2D eigenvalue weighted by Crippen LogP contribution is 2.30. The fraction of sp³-hybridized carbons (Fsp3) is 0.500. The summed E-state index contributed by atoms with van der Waals surface area (Å²) in [5.41, 5.74) is 1.37. The predicted molar refractivity (Wildman–Crippen MR) is 81.1 cm³/mol. The van der Waals surface area contributed by atoms with Crippen LogP contribution in [0.15, 0.2) is 36.5 Å². The molecule has 1 saturated carbocycles. The van der Waals surface area contributed by atoms with Crippen LogP contribution in [0, 0.1) is 0 Å². The third-order valence-electron chi connectivity index (χ3n) is 4.06. The van der Waals surface area contributed by atoms with E-state index >= 15 is 0 Å². The lowest BCUT2D eigenvalue weighted by Gasteiger charge is -2.27. The molecule has 0 unspecified atom stereocenters. The predicted octanol–water partition coefficient (Wildman–Crippen LogP) is 2.00. The monoisotopic (exact) mass is 286 g/mol. The molecule has 21 heavy (non-hydrogen) atoms. The number of nitrogens with zero attached hydrogens (tertiary/aromatic N) is 4. The lowest BCUT2D eigenvalue weighted by Crippen LogP contribution is -2.38. The molecule has 2 aromatic rings. The topological polar surface area (TPSA) is 54.2 Å². The van der Waals surface area contributed by atoms with Crippen LogP contribution >= 0.6 is 0 Å². The van der Waals surface area contributed by atoms with Crippen LogP contribution in [0.1, 0.15) is 31.4 Å². The van der Waals surface area contributed by atoms with Gasteiger partial charge in [0, 0.05) is 13.1 Å². The molecule has 5 nitrogen and oxygen atoms in total. The molecule has 1 N–H and O–H groups in total. The van der Waals surface area contributed by atoms with Crippen LogP contribution in [0.4, 0.5) is 0 Å². The fourth-order valence-corrected chi connectivity index (χ4v) is 3.08. The highest BCUT2D eigenvalue weighted by atomic mass is 16.3. The van der Waals surface area contributed by atoms with E-state index in [1.807, 2.05) is 37.4 Å². The standard InChI is InChI=1S/C16H22N4O/c1-19(13-16(21)9-5-6-10-16)12-14-11-17-20(18-14)15-7-3-2-4-8-15/h2-4,7-8,11,21H,5-6,9-10,12-13H2,1H3. The van der Waals surface area contributed by atoms with Crippen molar-refractivity contribution in [2.75, 3.05) is 13.6 Å². The zero-order valence-corrected chi connectivity index (χ0v) is 12.4. The van der Waals surface area contributed by atoms with E-state index < -0.39 is 5.60 Å². The molecule has 112 valence electrons. The molecule has 1 aromatic heterocycles. The van der Waals surface area contributed by atoms with Crippen molar-refractivity contribution in [1.29, 1.82) is 0 Å². The van der Waals surface area contributed by atoms with Gasteiger partial charge < -0.3 is 5.11 Å². The largest absolute Gasteiger partial charge is 0.389 e. The molecule has 0 bridgehead atoms. The summed E-state index contributed by atoms with van der Waals surface area (Å²) in [4.78, 5) is 3.78. The van der Waals surface area contributed by atoms with Crippen molar-refractivity contribution in [2.24, 2.45) is 0 Å². The van der Waals surface area contributed by atoms with Crippen molar-refractivity contribution in [3.63, 3.8) is 0 Å². The van der Waals surface area contributed by atoms with Gasteiger partial charge in [0.15, 0.2) is 0 Å². The van der Waals surface area contributed by atoms with Crippen LogP contribution in [0.3, 0.4) is 0 Å². The summed E-state index contributed by atoms with van der Waals surface area (Å²) in [6.45, 7) is 1.40. The normalized spacial score (nSPS) is 17.5. The van der Waals surface area contributed by atoms with E-state index in [2.05, 4.69) is 15.1 Å². The summed E-state index contributed by atoms with van der Waals surface area (Å²) in [6, 6.07) is 9.88. The molecule has 5 heteroatoms. The number of aromatic nitrogens is 3. The van der Waals surface area contributed by atoms with Crippen LogP contribution in [-0.4, -0.2) is 44.2 Å². The maximum atomic E-state index is 10.4. The molecule has 3 rings (SSSR count). The van der Waals surface area contributed by atoms with Gasteiger partial charge in [0.1, 0.15) is 0 Å². The summed E-state index contributed by atoms with van der Waals surface area (Å²) < 4.78 is 0. The Labute approximate surface area is 125 Å². The lowest BCUT2D eigenvalue weighted by atomic mass is 10.0. The first-order valence-electron chi connectivity index (χ1n) is 7.52. The van der Waals surface area contributed by atoms with Crippen LogP contribution in [0.2, 0.25) is 0 Å². The average Bonchev–Trinajstić information content (AvgIpc) is 3.09. The van der Waals surface area contributed by atoms with Gasteiger partial charge in [-0.2, -0.15) is 15.0 Å². The molecule has 1 aromatic carbocycles. The van der Waals surface area contributed by atoms with Crippen LogP contribution in [0.5, 0.6) is 0 Å². The SMILES string of the molecule is CN(Cc1cnn(-c2ccccc2)n1)CC1(O)CCCC1. The Hall–Kier alpha value is -1.72. The third kappa shape index (κ3) is 3.49. The second-order valence-electron chi connectivity index (χ2n) is 6.06. The molecule has 0 atom stereocenters. The second-order valence-corrected chi connectivity index (χ2v) is 6.06. The average molecular weight is 286 g/mol. The van der Waals surface area contributed by atoms with E-state index in [-0.39, 0.29) is 0 Å². The number of hydrogen-bond acceptors (Lipinski definition) is 4. The number of hydrogen-bond donors (Lipinski definition) is 1. The van der Waals surface area contributed by atoms with Gasteiger partial charge in [-0.25, -0.2) is 0 Å². The van der Waals surface area contributed by atoms with Crippen LogP contribution in [0.25, 0.3) is 5.69 Å². The molecular weight excluding hydrogens is 264 g/mol. The van der Waals surface area contributed by atoms with Gasteiger partial charge >= 0.3 is 0 Å². The molecular formula is C16H22N4O. The number of rotatable bonds is 5. The molecule has 0 spiro atoms. The van der Waals surface area contributed by atoms with Crippen molar-refractivity contribution in [2.45, 2.75) is 37.8 Å². The maximum Gasteiger partial charge on any atom is 0.0971 e. The zero-order valence-electron chi connectivity index (χ0n) is 12.4. The Morgan fingerprint density at radius 2 is 1.95 bits per heavy atom.